The number of halogens is 2. The molecule has 2 fully saturated rings. The van der Waals surface area contributed by atoms with Crippen molar-refractivity contribution < 1.29 is 33.2 Å². The molecule has 0 unspecified atom stereocenters. The summed E-state index contributed by atoms with van der Waals surface area (Å²) in [6.45, 7) is 6.61. The van der Waals surface area contributed by atoms with Gasteiger partial charge in [0, 0.05) is 57.9 Å². The first-order chi connectivity index (χ1) is 21.7. The van der Waals surface area contributed by atoms with Gasteiger partial charge in [-0.1, -0.05) is 11.8 Å². The summed E-state index contributed by atoms with van der Waals surface area (Å²) in [4.78, 5) is 7.03. The van der Waals surface area contributed by atoms with Crippen LogP contribution in [0.3, 0.4) is 0 Å². The van der Waals surface area contributed by atoms with Gasteiger partial charge in [-0.3, -0.25) is 9.88 Å². The van der Waals surface area contributed by atoms with Crippen LogP contribution in [0.25, 0.3) is 10.9 Å². The number of nitriles is 1. The van der Waals surface area contributed by atoms with Gasteiger partial charge in [-0.2, -0.15) is 5.26 Å². The van der Waals surface area contributed by atoms with Gasteiger partial charge in [0.2, 0.25) is 6.79 Å². The number of ether oxygens (including phenoxy) is 7. The van der Waals surface area contributed by atoms with Crippen LogP contribution < -0.4 is 24.3 Å². The van der Waals surface area contributed by atoms with E-state index in [4.69, 9.17) is 33.2 Å². The Morgan fingerprint density at radius 2 is 1.80 bits per heavy atom. The van der Waals surface area contributed by atoms with Crippen molar-refractivity contribution in [1.82, 2.24) is 9.88 Å². The first kappa shape index (κ1) is 35.2. The van der Waals surface area contributed by atoms with E-state index >= 15 is 0 Å². The third kappa shape index (κ3) is 8.37. The van der Waals surface area contributed by atoms with Crippen LogP contribution in [0.1, 0.15) is 30.4 Å². The highest BCUT2D eigenvalue weighted by Crippen LogP contribution is 2.45. The molecule has 3 aliphatic rings. The van der Waals surface area contributed by atoms with Crippen molar-refractivity contribution in [1.29, 1.82) is 5.26 Å². The normalized spacial score (nSPS) is 15.9. The number of aromatic nitrogens is 1. The number of pyridine rings is 1. The second kappa shape index (κ2) is 17.3. The number of methoxy groups -OCH3 is 1. The van der Waals surface area contributed by atoms with E-state index in [9.17, 15) is 5.26 Å². The second-order valence-electron chi connectivity index (χ2n) is 10.6. The molecule has 2 saturated heterocycles. The van der Waals surface area contributed by atoms with E-state index in [-0.39, 0.29) is 37.7 Å². The zero-order chi connectivity index (χ0) is 30.1. The van der Waals surface area contributed by atoms with E-state index in [2.05, 4.69) is 33.1 Å². The number of fused-ring (bicyclic) bond motifs is 2. The van der Waals surface area contributed by atoms with Crippen LogP contribution in [-0.2, 0) is 14.2 Å². The number of rotatable bonds is 10. The van der Waals surface area contributed by atoms with Gasteiger partial charge in [-0.25, -0.2) is 0 Å². The Kier molecular flexibility index (Phi) is 13.2. The SMILES string of the molecule is COCC#Cc1ccc(Nc2c(C#N)cnc3cc(OCCCN4CCOCC4)cc(OC4CCOCC4)c23)c2c1OCO2.Cl.Cl. The molecule has 13 heteroatoms. The van der Waals surface area contributed by atoms with Gasteiger partial charge in [0.15, 0.2) is 11.5 Å². The molecule has 46 heavy (non-hydrogen) atoms. The summed E-state index contributed by atoms with van der Waals surface area (Å²) < 4.78 is 40.5. The number of nitrogens with one attached hydrogen (secondary N) is 1. The molecule has 246 valence electrons. The Bertz CT molecular complexity index is 1580. The predicted molar refractivity (Wildman–Crippen MR) is 177 cm³/mol. The molecule has 1 N–H and O–H groups in total. The standard InChI is InChI=1S/C33H36N4O7.2ClH/c1-38-12-2-4-23-5-6-27(33-32(23)42-22-43-33)36-31-24(20-34)21-35-28-18-26(41-13-3-9-37-10-16-40-17-11-37)19-29(30(28)31)44-25-7-14-39-15-8-25;;/h5-6,18-19,21,25H,3,7-17,22H2,1H3,(H,35,36);2*1H. The van der Waals surface area contributed by atoms with Crippen LogP contribution in [0.2, 0.25) is 0 Å². The van der Waals surface area contributed by atoms with Gasteiger partial charge in [-0.05, 0) is 18.6 Å². The van der Waals surface area contributed by atoms with E-state index in [1.165, 1.54) is 0 Å². The average Bonchev–Trinajstić information content (AvgIpc) is 3.56. The van der Waals surface area contributed by atoms with E-state index in [0.29, 0.717) is 82.8 Å². The highest BCUT2D eigenvalue weighted by Gasteiger charge is 2.25. The Balaban J connectivity index is 0.00000240. The summed E-state index contributed by atoms with van der Waals surface area (Å²) in [6.07, 6.45) is 3.95. The minimum absolute atomic E-state index is 0. The number of hydrogen-bond donors (Lipinski definition) is 1. The molecule has 0 aliphatic carbocycles. The van der Waals surface area contributed by atoms with Gasteiger partial charge in [0.25, 0.3) is 0 Å². The van der Waals surface area contributed by atoms with Crippen molar-refractivity contribution in [2.45, 2.75) is 25.4 Å². The molecular weight excluding hydrogens is 635 g/mol. The summed E-state index contributed by atoms with van der Waals surface area (Å²) in [5.41, 5.74) is 2.91. The Morgan fingerprint density at radius 1 is 1.02 bits per heavy atom. The predicted octanol–water partition coefficient (Wildman–Crippen LogP) is 5.08. The van der Waals surface area contributed by atoms with Gasteiger partial charge < -0.3 is 38.5 Å². The topological polar surface area (TPSA) is 117 Å². The minimum atomic E-state index is -0.0342. The molecule has 3 aliphatic heterocycles. The fraction of sp³-hybridized carbons (Fsp3) is 0.455. The molecule has 0 atom stereocenters. The second-order valence-corrected chi connectivity index (χ2v) is 10.6. The van der Waals surface area contributed by atoms with Crippen molar-refractivity contribution in [2.75, 3.05) is 78.5 Å². The molecule has 0 spiro atoms. The van der Waals surface area contributed by atoms with Crippen molar-refractivity contribution >= 4 is 47.1 Å². The monoisotopic (exact) mass is 672 g/mol. The summed E-state index contributed by atoms with van der Waals surface area (Å²) in [7, 11) is 1.60. The minimum Gasteiger partial charge on any atom is -0.493 e. The van der Waals surface area contributed by atoms with Crippen molar-refractivity contribution in [3.8, 4) is 40.9 Å². The molecule has 0 radical (unpaired) electrons. The summed E-state index contributed by atoms with van der Waals surface area (Å²) in [6, 6.07) is 9.80. The fourth-order valence-electron chi connectivity index (χ4n) is 5.46. The van der Waals surface area contributed by atoms with Crippen LogP contribution >= 0.6 is 24.8 Å². The molecule has 6 rings (SSSR count). The van der Waals surface area contributed by atoms with Gasteiger partial charge in [0.1, 0.15) is 30.3 Å². The zero-order valence-corrected chi connectivity index (χ0v) is 27.3. The Hall–Kier alpha value is -3.68. The molecule has 3 aromatic rings. The molecule has 2 aromatic carbocycles. The molecule has 11 nitrogen and oxygen atoms in total. The highest BCUT2D eigenvalue weighted by molar-refractivity contribution is 6.01. The largest absolute Gasteiger partial charge is 0.493 e. The average molecular weight is 674 g/mol. The van der Waals surface area contributed by atoms with Gasteiger partial charge in [-0.15, -0.1) is 24.8 Å². The smallest absolute Gasteiger partial charge is 0.231 e. The first-order valence-corrected chi connectivity index (χ1v) is 14.9. The van der Waals surface area contributed by atoms with E-state index < -0.39 is 0 Å². The van der Waals surface area contributed by atoms with Gasteiger partial charge >= 0.3 is 0 Å². The number of morpholine rings is 1. The van der Waals surface area contributed by atoms with Crippen LogP contribution in [0, 0.1) is 23.2 Å². The number of benzene rings is 2. The Labute approximate surface area is 281 Å². The van der Waals surface area contributed by atoms with Crippen molar-refractivity contribution in [2.24, 2.45) is 0 Å². The van der Waals surface area contributed by atoms with Crippen LogP contribution in [0.5, 0.6) is 23.0 Å². The van der Waals surface area contributed by atoms with Crippen LogP contribution in [0.4, 0.5) is 11.4 Å². The van der Waals surface area contributed by atoms with Crippen LogP contribution in [0.15, 0.2) is 30.5 Å². The summed E-state index contributed by atoms with van der Waals surface area (Å²) >= 11 is 0. The van der Waals surface area contributed by atoms with Crippen molar-refractivity contribution in [3.63, 3.8) is 0 Å². The molecule has 0 amide bonds. The van der Waals surface area contributed by atoms with Crippen molar-refractivity contribution in [3.05, 3.63) is 41.6 Å². The molecule has 0 bridgehead atoms. The highest BCUT2D eigenvalue weighted by atomic mass is 35.5. The third-order valence-electron chi connectivity index (χ3n) is 7.70. The number of anilines is 2. The Morgan fingerprint density at radius 3 is 2.59 bits per heavy atom. The lowest BCUT2D eigenvalue weighted by Gasteiger charge is -2.26. The quantitative estimate of drug-likeness (QED) is 0.230. The lowest BCUT2D eigenvalue weighted by atomic mass is 10.1. The van der Waals surface area contributed by atoms with Gasteiger partial charge in [0.05, 0.1) is 66.4 Å². The maximum Gasteiger partial charge on any atom is 0.231 e. The van der Waals surface area contributed by atoms with Crippen LogP contribution in [-0.4, -0.2) is 89.2 Å². The number of nitrogens with zero attached hydrogens (tertiary/aromatic N) is 3. The lowest BCUT2D eigenvalue weighted by molar-refractivity contribution is 0.0261. The van der Waals surface area contributed by atoms with E-state index in [1.54, 1.807) is 13.3 Å². The molecule has 4 heterocycles. The van der Waals surface area contributed by atoms with E-state index in [1.807, 2.05) is 24.3 Å². The lowest BCUT2D eigenvalue weighted by Crippen LogP contribution is -2.37. The summed E-state index contributed by atoms with van der Waals surface area (Å²) in [5.74, 6) is 8.35. The molecule has 1 aromatic heterocycles. The number of hydrogen-bond acceptors (Lipinski definition) is 11. The maximum atomic E-state index is 10.1. The maximum absolute atomic E-state index is 10.1. The third-order valence-corrected chi connectivity index (χ3v) is 7.70. The zero-order valence-electron chi connectivity index (χ0n) is 25.7. The fourth-order valence-corrected chi connectivity index (χ4v) is 5.46. The first-order valence-electron chi connectivity index (χ1n) is 14.9. The molecule has 0 saturated carbocycles. The molecular formula is C33H38Cl2N4O7. The summed E-state index contributed by atoms with van der Waals surface area (Å²) in [5, 5.41) is 14.3. The van der Waals surface area contributed by atoms with E-state index in [0.717, 1.165) is 52.1 Å².